The van der Waals surface area contributed by atoms with E-state index in [1.54, 1.807) is 25.2 Å². The van der Waals surface area contributed by atoms with Crippen LogP contribution in [-0.2, 0) is 4.79 Å². The van der Waals surface area contributed by atoms with E-state index < -0.39 is 5.97 Å². The quantitative estimate of drug-likeness (QED) is 0.740. The summed E-state index contributed by atoms with van der Waals surface area (Å²) in [6.45, 7) is 6.02. The van der Waals surface area contributed by atoms with Crippen LogP contribution in [0, 0.1) is 0 Å². The van der Waals surface area contributed by atoms with Crippen molar-refractivity contribution in [1.82, 2.24) is 4.90 Å². The minimum absolute atomic E-state index is 0.0620. The summed E-state index contributed by atoms with van der Waals surface area (Å²) < 4.78 is 10.6. The maximum atomic E-state index is 11.0. The van der Waals surface area contributed by atoms with Crippen LogP contribution in [0.3, 0.4) is 0 Å². The summed E-state index contributed by atoms with van der Waals surface area (Å²) in [5.41, 5.74) is 0.884. The van der Waals surface area contributed by atoms with Gasteiger partial charge in [0.2, 0.25) is 0 Å². The Kier molecular flexibility index (Phi) is 6.06. The molecule has 0 aromatic heterocycles. The molecule has 1 rings (SSSR count). The fourth-order valence-electron chi connectivity index (χ4n) is 2.06. The molecule has 0 aliphatic carbocycles. The Labute approximate surface area is 119 Å². The average molecular weight is 279 g/mol. The second-order valence-electron chi connectivity index (χ2n) is 4.40. The van der Waals surface area contributed by atoms with E-state index >= 15 is 0 Å². The SMILES string of the molecule is C=CCN(CC(=O)O)C(C)c1cc(OC)ccc1OC. The standard InChI is InChI=1S/C15H21NO4/c1-5-8-16(10-15(17)18)11(2)13-9-12(19-3)6-7-14(13)20-4/h5-7,9,11H,1,8,10H2,2-4H3,(H,17,18). The first-order chi connectivity index (χ1) is 9.53. The molecule has 20 heavy (non-hydrogen) atoms. The van der Waals surface area contributed by atoms with Crippen LogP contribution < -0.4 is 9.47 Å². The second-order valence-corrected chi connectivity index (χ2v) is 4.40. The number of methoxy groups -OCH3 is 2. The lowest BCUT2D eigenvalue weighted by molar-refractivity contribution is -0.138. The Balaban J connectivity index is 3.10. The highest BCUT2D eigenvalue weighted by Gasteiger charge is 2.21. The molecule has 0 aliphatic rings. The van der Waals surface area contributed by atoms with E-state index in [0.717, 1.165) is 5.56 Å². The Bertz CT molecular complexity index is 473. The zero-order valence-electron chi connectivity index (χ0n) is 12.1. The number of hydrogen-bond acceptors (Lipinski definition) is 4. The van der Waals surface area contributed by atoms with E-state index in [9.17, 15) is 4.79 Å². The van der Waals surface area contributed by atoms with Gasteiger partial charge < -0.3 is 14.6 Å². The molecule has 1 N–H and O–H groups in total. The molecule has 0 amide bonds. The molecule has 5 nitrogen and oxygen atoms in total. The smallest absolute Gasteiger partial charge is 0.317 e. The zero-order valence-corrected chi connectivity index (χ0v) is 12.1. The van der Waals surface area contributed by atoms with E-state index in [1.807, 2.05) is 25.1 Å². The molecule has 0 heterocycles. The maximum absolute atomic E-state index is 11.0. The molecule has 0 saturated carbocycles. The predicted octanol–water partition coefficient (Wildman–Crippen LogP) is 2.34. The van der Waals surface area contributed by atoms with E-state index in [-0.39, 0.29) is 12.6 Å². The van der Waals surface area contributed by atoms with Gasteiger partial charge in [0, 0.05) is 18.2 Å². The van der Waals surface area contributed by atoms with Crippen molar-refractivity contribution in [2.75, 3.05) is 27.3 Å². The summed E-state index contributed by atoms with van der Waals surface area (Å²) >= 11 is 0. The molecule has 1 atom stereocenters. The first-order valence-corrected chi connectivity index (χ1v) is 6.32. The van der Waals surface area contributed by atoms with Crippen molar-refractivity contribution in [3.8, 4) is 11.5 Å². The van der Waals surface area contributed by atoms with Gasteiger partial charge >= 0.3 is 5.97 Å². The molecule has 0 radical (unpaired) electrons. The molecule has 0 fully saturated rings. The van der Waals surface area contributed by atoms with Gasteiger partial charge in [-0.3, -0.25) is 9.69 Å². The highest BCUT2D eigenvalue weighted by molar-refractivity contribution is 5.69. The highest BCUT2D eigenvalue weighted by atomic mass is 16.5. The van der Waals surface area contributed by atoms with Crippen LogP contribution in [-0.4, -0.2) is 43.3 Å². The van der Waals surface area contributed by atoms with Crippen LogP contribution in [0.15, 0.2) is 30.9 Å². The molecule has 0 bridgehead atoms. The minimum Gasteiger partial charge on any atom is -0.497 e. The van der Waals surface area contributed by atoms with E-state index in [2.05, 4.69) is 6.58 Å². The number of carboxylic acid groups (broad SMARTS) is 1. The molecule has 0 spiro atoms. The number of carboxylic acids is 1. The van der Waals surface area contributed by atoms with Gasteiger partial charge in [-0.15, -0.1) is 6.58 Å². The number of rotatable bonds is 8. The van der Waals surface area contributed by atoms with Crippen LogP contribution in [0.4, 0.5) is 0 Å². The van der Waals surface area contributed by atoms with Gasteiger partial charge in [-0.25, -0.2) is 0 Å². The summed E-state index contributed by atoms with van der Waals surface area (Å²) in [5, 5.41) is 9.00. The fourth-order valence-corrected chi connectivity index (χ4v) is 2.06. The summed E-state index contributed by atoms with van der Waals surface area (Å²) in [6, 6.07) is 5.36. The van der Waals surface area contributed by atoms with Gasteiger partial charge in [-0.1, -0.05) is 6.08 Å². The maximum Gasteiger partial charge on any atom is 0.317 e. The number of nitrogens with zero attached hydrogens (tertiary/aromatic N) is 1. The van der Waals surface area contributed by atoms with Gasteiger partial charge in [-0.2, -0.15) is 0 Å². The Morgan fingerprint density at radius 1 is 1.45 bits per heavy atom. The van der Waals surface area contributed by atoms with Crippen molar-refractivity contribution in [3.05, 3.63) is 36.4 Å². The third-order valence-electron chi connectivity index (χ3n) is 3.14. The first kappa shape index (κ1) is 16.0. The van der Waals surface area contributed by atoms with Crippen molar-refractivity contribution in [2.24, 2.45) is 0 Å². The topological polar surface area (TPSA) is 59.0 Å². The van der Waals surface area contributed by atoms with Crippen LogP contribution in [0.2, 0.25) is 0 Å². The lowest BCUT2D eigenvalue weighted by Gasteiger charge is -2.28. The van der Waals surface area contributed by atoms with Gasteiger partial charge in [0.25, 0.3) is 0 Å². The lowest BCUT2D eigenvalue weighted by Crippen LogP contribution is -2.32. The summed E-state index contributed by atoms with van der Waals surface area (Å²) in [6.07, 6.45) is 1.69. The molecular weight excluding hydrogens is 258 g/mol. The van der Waals surface area contributed by atoms with E-state index in [0.29, 0.717) is 18.0 Å². The van der Waals surface area contributed by atoms with Crippen molar-refractivity contribution in [2.45, 2.75) is 13.0 Å². The first-order valence-electron chi connectivity index (χ1n) is 6.32. The molecule has 0 saturated heterocycles. The van der Waals surface area contributed by atoms with Gasteiger partial charge in [0.1, 0.15) is 11.5 Å². The molecule has 0 aliphatic heterocycles. The largest absolute Gasteiger partial charge is 0.497 e. The number of aliphatic carboxylic acids is 1. The highest BCUT2D eigenvalue weighted by Crippen LogP contribution is 2.32. The van der Waals surface area contributed by atoms with Crippen LogP contribution in [0.5, 0.6) is 11.5 Å². The molecule has 110 valence electrons. The van der Waals surface area contributed by atoms with Crippen LogP contribution in [0.25, 0.3) is 0 Å². The van der Waals surface area contributed by atoms with Crippen molar-refractivity contribution in [3.63, 3.8) is 0 Å². The number of hydrogen-bond donors (Lipinski definition) is 1. The number of benzene rings is 1. The number of carbonyl (C=O) groups is 1. The monoisotopic (exact) mass is 279 g/mol. The van der Waals surface area contributed by atoms with E-state index in [4.69, 9.17) is 14.6 Å². The van der Waals surface area contributed by atoms with Crippen LogP contribution >= 0.6 is 0 Å². The van der Waals surface area contributed by atoms with E-state index in [1.165, 1.54) is 0 Å². The molecule has 1 aromatic carbocycles. The van der Waals surface area contributed by atoms with Crippen molar-refractivity contribution < 1.29 is 19.4 Å². The zero-order chi connectivity index (χ0) is 15.1. The van der Waals surface area contributed by atoms with Crippen molar-refractivity contribution >= 4 is 5.97 Å². The molecule has 1 unspecified atom stereocenters. The molecular formula is C15H21NO4. The summed E-state index contributed by atoms with van der Waals surface area (Å²) in [7, 11) is 3.18. The Morgan fingerprint density at radius 2 is 2.15 bits per heavy atom. The second kappa shape index (κ2) is 7.55. The number of ether oxygens (including phenoxy) is 2. The van der Waals surface area contributed by atoms with Crippen molar-refractivity contribution in [1.29, 1.82) is 0 Å². The summed E-state index contributed by atoms with van der Waals surface area (Å²) in [4.78, 5) is 12.8. The lowest BCUT2D eigenvalue weighted by atomic mass is 10.0. The summed E-state index contributed by atoms with van der Waals surface area (Å²) in [5.74, 6) is 0.542. The third-order valence-corrected chi connectivity index (χ3v) is 3.14. The normalized spacial score (nSPS) is 12.0. The Morgan fingerprint density at radius 3 is 2.65 bits per heavy atom. The average Bonchev–Trinajstić information content (AvgIpc) is 2.44. The molecule has 1 aromatic rings. The Hall–Kier alpha value is -2.01. The molecule has 5 heteroatoms. The van der Waals surface area contributed by atoms with Gasteiger partial charge in [-0.05, 0) is 25.1 Å². The van der Waals surface area contributed by atoms with Gasteiger partial charge in [0.15, 0.2) is 0 Å². The minimum atomic E-state index is -0.874. The van der Waals surface area contributed by atoms with Gasteiger partial charge in [0.05, 0.1) is 20.8 Å². The van der Waals surface area contributed by atoms with Crippen LogP contribution in [0.1, 0.15) is 18.5 Å². The third kappa shape index (κ3) is 3.99. The fraction of sp³-hybridized carbons (Fsp3) is 0.400. The predicted molar refractivity (Wildman–Crippen MR) is 77.4 cm³/mol.